The molecule has 0 radical (unpaired) electrons. The average molecular weight is 382 g/mol. The predicted molar refractivity (Wildman–Crippen MR) is 106 cm³/mol. The number of aromatic nitrogens is 2. The molecule has 7 heteroatoms. The number of amides is 1. The van der Waals surface area contributed by atoms with Crippen molar-refractivity contribution in [3.63, 3.8) is 0 Å². The van der Waals surface area contributed by atoms with Gasteiger partial charge in [0.2, 0.25) is 0 Å². The molecule has 27 heavy (non-hydrogen) atoms. The van der Waals surface area contributed by atoms with E-state index in [2.05, 4.69) is 27.0 Å². The highest BCUT2D eigenvalue weighted by atomic mass is 32.2. The number of hydrogen-bond acceptors (Lipinski definition) is 4. The van der Waals surface area contributed by atoms with Crippen LogP contribution in [0.1, 0.15) is 35.1 Å². The fourth-order valence-electron chi connectivity index (χ4n) is 3.34. The highest BCUT2D eigenvalue weighted by Crippen LogP contribution is 2.30. The lowest BCUT2D eigenvalue weighted by Gasteiger charge is -2.17. The number of rotatable bonds is 3. The van der Waals surface area contributed by atoms with Crippen molar-refractivity contribution in [2.75, 3.05) is 5.75 Å². The Morgan fingerprint density at radius 2 is 2.19 bits per heavy atom. The summed E-state index contributed by atoms with van der Waals surface area (Å²) >= 11 is 1.67. The van der Waals surface area contributed by atoms with E-state index >= 15 is 0 Å². The van der Waals surface area contributed by atoms with Crippen molar-refractivity contribution in [1.29, 1.82) is 0 Å². The summed E-state index contributed by atoms with van der Waals surface area (Å²) in [5, 5.41) is 4.27. The first-order chi connectivity index (χ1) is 13.1. The third kappa shape index (κ3) is 3.35. The highest BCUT2D eigenvalue weighted by molar-refractivity contribution is 7.99. The number of fused-ring (bicyclic) bond motifs is 2. The molecule has 2 heterocycles. The van der Waals surface area contributed by atoms with Crippen molar-refractivity contribution in [2.45, 2.75) is 31.7 Å². The summed E-state index contributed by atoms with van der Waals surface area (Å²) in [6, 6.07) is 10.1. The van der Waals surface area contributed by atoms with Gasteiger partial charge in [0.25, 0.3) is 5.91 Å². The van der Waals surface area contributed by atoms with Crippen LogP contribution in [0.25, 0.3) is 11.0 Å². The molecule has 1 aromatic heterocycles. The first-order valence-electron chi connectivity index (χ1n) is 8.83. The average Bonchev–Trinajstić information content (AvgIpc) is 3.00. The number of thioether (sulfide) groups is 1. The predicted octanol–water partition coefficient (Wildman–Crippen LogP) is 4.13. The molecule has 138 valence electrons. The van der Waals surface area contributed by atoms with Gasteiger partial charge in [0.1, 0.15) is 11.6 Å². The van der Waals surface area contributed by atoms with E-state index in [0.717, 1.165) is 39.6 Å². The Balaban J connectivity index is 1.59. The Bertz CT molecular complexity index is 1070. The molecule has 0 saturated carbocycles. The largest absolute Gasteiger partial charge is 0.329 e. The second kappa shape index (κ2) is 7.15. The molecule has 0 aliphatic carbocycles. The maximum Gasteiger partial charge on any atom is 0.271 e. The number of benzene rings is 2. The zero-order chi connectivity index (χ0) is 19.0. The summed E-state index contributed by atoms with van der Waals surface area (Å²) < 4.78 is 15.7. The van der Waals surface area contributed by atoms with Gasteiger partial charge in [0, 0.05) is 34.7 Å². The minimum Gasteiger partial charge on any atom is -0.329 e. The Morgan fingerprint density at radius 3 is 3.00 bits per heavy atom. The molecule has 1 amide bonds. The van der Waals surface area contributed by atoms with E-state index in [4.69, 9.17) is 0 Å². The number of carbonyl (C=O) groups is 1. The lowest BCUT2D eigenvalue weighted by Crippen LogP contribution is -2.21. The third-order valence-corrected chi connectivity index (χ3v) is 5.73. The molecule has 3 aromatic rings. The Hall–Kier alpha value is -2.67. The van der Waals surface area contributed by atoms with E-state index in [0.29, 0.717) is 17.7 Å². The maximum absolute atomic E-state index is 13.6. The van der Waals surface area contributed by atoms with Gasteiger partial charge in [-0.3, -0.25) is 4.79 Å². The van der Waals surface area contributed by atoms with Gasteiger partial charge in [0.05, 0.1) is 16.7 Å². The van der Waals surface area contributed by atoms with Crippen LogP contribution in [0.3, 0.4) is 0 Å². The molecule has 0 atom stereocenters. The molecule has 1 aliphatic rings. The van der Waals surface area contributed by atoms with E-state index in [1.54, 1.807) is 30.0 Å². The molecule has 2 aromatic carbocycles. The van der Waals surface area contributed by atoms with Crippen LogP contribution in [0.15, 0.2) is 46.4 Å². The molecule has 1 aliphatic heterocycles. The van der Waals surface area contributed by atoms with Gasteiger partial charge in [-0.15, -0.1) is 11.8 Å². The van der Waals surface area contributed by atoms with E-state index in [1.165, 1.54) is 12.1 Å². The van der Waals surface area contributed by atoms with Crippen molar-refractivity contribution in [2.24, 2.45) is 5.10 Å². The molecule has 4 rings (SSSR count). The van der Waals surface area contributed by atoms with E-state index < -0.39 is 0 Å². The van der Waals surface area contributed by atoms with Crippen LogP contribution < -0.4 is 5.43 Å². The van der Waals surface area contributed by atoms with Gasteiger partial charge in [0.15, 0.2) is 0 Å². The summed E-state index contributed by atoms with van der Waals surface area (Å²) in [6.07, 6.45) is 0.681. The number of hydrogen-bond donors (Lipinski definition) is 1. The number of hydrazone groups is 1. The van der Waals surface area contributed by atoms with Crippen LogP contribution in [0.5, 0.6) is 0 Å². The second-order valence-corrected chi connectivity index (χ2v) is 7.48. The first kappa shape index (κ1) is 17.7. The van der Waals surface area contributed by atoms with Crippen LogP contribution in [-0.4, -0.2) is 26.9 Å². The molecule has 0 saturated heterocycles. The number of aryl methyl sites for hydroxylation is 2. The number of nitrogens with one attached hydrogen (secondary N) is 1. The van der Waals surface area contributed by atoms with Crippen LogP contribution in [0.4, 0.5) is 4.39 Å². The smallest absolute Gasteiger partial charge is 0.271 e. The number of carbonyl (C=O) groups excluding carboxylic acids is 1. The number of halogens is 1. The maximum atomic E-state index is 13.6. The summed E-state index contributed by atoms with van der Waals surface area (Å²) in [6.45, 7) is 4.84. The first-order valence-corrected chi connectivity index (χ1v) is 9.82. The van der Waals surface area contributed by atoms with Gasteiger partial charge in [-0.25, -0.2) is 14.8 Å². The molecular formula is C20H19FN4OS. The number of imidazole rings is 1. The normalized spacial score (nSPS) is 15.1. The van der Waals surface area contributed by atoms with Crippen LogP contribution in [-0.2, 0) is 6.54 Å². The highest BCUT2D eigenvalue weighted by Gasteiger charge is 2.18. The van der Waals surface area contributed by atoms with Crippen molar-refractivity contribution in [3.8, 4) is 0 Å². The van der Waals surface area contributed by atoms with Crippen molar-refractivity contribution >= 4 is 34.4 Å². The molecule has 0 bridgehead atoms. The molecule has 5 nitrogen and oxygen atoms in total. The standard InChI is InChI=1S/C20H19FN4OS/c1-3-25-12(2)22-17-10-13(4-6-18(17)25)20(26)24-23-16-8-9-27-19-7-5-14(21)11-15(16)19/h4-7,10-11H,3,8-9H2,1-2H3,(H,24,26). The number of nitrogens with zero attached hydrogens (tertiary/aromatic N) is 3. The van der Waals surface area contributed by atoms with Crippen molar-refractivity contribution in [1.82, 2.24) is 15.0 Å². The van der Waals surface area contributed by atoms with Crippen molar-refractivity contribution in [3.05, 3.63) is 59.2 Å². The minimum atomic E-state index is -0.303. The molecular weight excluding hydrogens is 363 g/mol. The lowest BCUT2D eigenvalue weighted by molar-refractivity contribution is 0.0955. The van der Waals surface area contributed by atoms with Gasteiger partial charge in [-0.1, -0.05) is 0 Å². The molecule has 0 spiro atoms. The fourth-order valence-corrected chi connectivity index (χ4v) is 4.35. The van der Waals surface area contributed by atoms with Gasteiger partial charge >= 0.3 is 0 Å². The van der Waals surface area contributed by atoms with Gasteiger partial charge in [-0.2, -0.15) is 5.10 Å². The van der Waals surface area contributed by atoms with Gasteiger partial charge < -0.3 is 4.57 Å². The zero-order valence-electron chi connectivity index (χ0n) is 15.1. The van der Waals surface area contributed by atoms with Crippen molar-refractivity contribution < 1.29 is 9.18 Å². The monoisotopic (exact) mass is 382 g/mol. The summed E-state index contributed by atoms with van der Waals surface area (Å²) in [5.41, 5.74) is 6.35. The van der Waals surface area contributed by atoms with Crippen LogP contribution >= 0.6 is 11.8 Å². The Labute approximate surface area is 160 Å². The minimum absolute atomic E-state index is 0.302. The summed E-state index contributed by atoms with van der Waals surface area (Å²) in [7, 11) is 0. The van der Waals surface area contributed by atoms with Gasteiger partial charge in [-0.05, 0) is 50.2 Å². The third-order valence-electron chi connectivity index (χ3n) is 4.66. The topological polar surface area (TPSA) is 59.3 Å². The van der Waals surface area contributed by atoms with Crippen LogP contribution in [0.2, 0.25) is 0 Å². The van der Waals surface area contributed by atoms with Crippen LogP contribution in [0, 0.1) is 12.7 Å². The van der Waals surface area contributed by atoms with E-state index in [-0.39, 0.29) is 11.7 Å². The summed E-state index contributed by atoms with van der Waals surface area (Å²) in [5.74, 6) is 1.17. The van der Waals surface area contributed by atoms with E-state index in [9.17, 15) is 9.18 Å². The quantitative estimate of drug-likeness (QED) is 0.693. The fraction of sp³-hybridized carbons (Fsp3) is 0.250. The molecule has 1 N–H and O–H groups in total. The Morgan fingerprint density at radius 1 is 1.33 bits per heavy atom. The lowest BCUT2D eigenvalue weighted by atomic mass is 10.1. The summed E-state index contributed by atoms with van der Waals surface area (Å²) in [4.78, 5) is 18.0. The zero-order valence-corrected chi connectivity index (χ0v) is 15.9. The SMILES string of the molecule is CCn1c(C)nc2cc(C(=O)NN=C3CCSc4ccc(F)cc43)ccc21. The van der Waals surface area contributed by atoms with E-state index in [1.807, 2.05) is 13.0 Å². The molecule has 0 fully saturated rings. The Kier molecular flexibility index (Phi) is 4.70. The molecule has 0 unspecified atom stereocenters. The second-order valence-electron chi connectivity index (χ2n) is 6.35.